The number of thiazole rings is 1. The number of ether oxygens (including phenoxy) is 2. The summed E-state index contributed by atoms with van der Waals surface area (Å²) in [6.45, 7) is 0.277. The first-order valence-electron chi connectivity index (χ1n) is 9.68. The minimum absolute atomic E-state index is 0.214. The number of methoxy groups -OCH3 is 2. The van der Waals surface area contributed by atoms with Crippen LogP contribution in [0.1, 0.15) is 5.56 Å². The molecule has 0 spiro atoms. The molecule has 0 aliphatic heterocycles. The minimum atomic E-state index is -3.66. The molecule has 0 aliphatic rings. The van der Waals surface area contributed by atoms with Crippen molar-refractivity contribution in [3.63, 3.8) is 0 Å². The summed E-state index contributed by atoms with van der Waals surface area (Å²) in [5.41, 5.74) is 3.66. The predicted octanol–water partition coefficient (Wildman–Crippen LogP) is 2.90. The average Bonchev–Trinajstić information content (AvgIpc) is 3.34. The molecule has 0 bridgehead atoms. The van der Waals surface area contributed by atoms with Gasteiger partial charge in [0.25, 0.3) is 5.56 Å². The van der Waals surface area contributed by atoms with Crippen LogP contribution in [0, 0.1) is 0 Å². The van der Waals surface area contributed by atoms with Gasteiger partial charge in [-0.1, -0.05) is 6.07 Å². The molecule has 0 radical (unpaired) electrons. The highest BCUT2D eigenvalue weighted by atomic mass is 32.2. The van der Waals surface area contributed by atoms with Gasteiger partial charge in [0.2, 0.25) is 15.0 Å². The third kappa shape index (κ3) is 4.94. The van der Waals surface area contributed by atoms with Crippen molar-refractivity contribution in [1.82, 2.24) is 19.5 Å². The van der Waals surface area contributed by atoms with Crippen LogP contribution >= 0.6 is 11.3 Å². The second kappa shape index (κ2) is 9.12. The molecule has 0 N–H and O–H groups in total. The van der Waals surface area contributed by atoms with Crippen molar-refractivity contribution >= 4 is 21.2 Å². The molecular weight excluding hydrogens is 464 g/mol. The fourth-order valence-corrected chi connectivity index (χ4v) is 4.30. The van der Waals surface area contributed by atoms with Crippen LogP contribution < -0.4 is 15.0 Å². The molecule has 0 aliphatic carbocycles. The molecule has 0 saturated carbocycles. The van der Waals surface area contributed by atoms with E-state index in [-0.39, 0.29) is 17.3 Å². The molecule has 170 valence electrons. The molecule has 3 aromatic heterocycles. The summed E-state index contributed by atoms with van der Waals surface area (Å²) in [5.74, 6) is 1.15. The van der Waals surface area contributed by atoms with Crippen LogP contribution in [0.15, 0.2) is 64.3 Å². The van der Waals surface area contributed by atoms with E-state index in [2.05, 4.69) is 15.0 Å². The number of nitrogens with zero attached hydrogens (tertiary/aromatic N) is 4. The van der Waals surface area contributed by atoms with Crippen LogP contribution in [0.25, 0.3) is 21.8 Å². The van der Waals surface area contributed by atoms with E-state index in [0.717, 1.165) is 11.8 Å². The molecular formula is C22H20N4O5S2. The second-order valence-electron chi connectivity index (χ2n) is 7.13. The summed E-state index contributed by atoms with van der Waals surface area (Å²) >= 11 is 1.34. The number of aromatic nitrogens is 4. The van der Waals surface area contributed by atoms with Crippen LogP contribution in [-0.4, -0.2) is 48.4 Å². The lowest BCUT2D eigenvalue weighted by molar-refractivity contribution is 0.354. The number of rotatable bonds is 7. The molecule has 33 heavy (non-hydrogen) atoms. The Morgan fingerprint density at radius 3 is 2.42 bits per heavy atom. The summed E-state index contributed by atoms with van der Waals surface area (Å²) in [6, 6.07) is 10.1. The van der Waals surface area contributed by atoms with E-state index in [1.54, 1.807) is 56.4 Å². The fraction of sp³-hybridized carbons (Fsp3) is 0.182. The van der Waals surface area contributed by atoms with E-state index < -0.39 is 9.84 Å². The third-order valence-corrected chi connectivity index (χ3v) is 6.44. The van der Waals surface area contributed by atoms with Gasteiger partial charge in [-0.2, -0.15) is 0 Å². The van der Waals surface area contributed by atoms with Crippen molar-refractivity contribution in [2.75, 3.05) is 20.5 Å². The maximum absolute atomic E-state index is 12.5. The van der Waals surface area contributed by atoms with Crippen LogP contribution in [0.4, 0.5) is 0 Å². The minimum Gasteiger partial charge on any atom is -0.493 e. The Morgan fingerprint density at radius 1 is 1.00 bits per heavy atom. The number of hydrogen-bond donors (Lipinski definition) is 0. The van der Waals surface area contributed by atoms with Crippen molar-refractivity contribution in [3.8, 4) is 33.3 Å². The second-order valence-corrected chi connectivity index (χ2v) is 9.93. The SMILES string of the molecule is COc1ccc(Cn2cc(-c3cc(-c4cncs4)nc(S(C)(=O)=O)n3)ccc2=O)cc1OC. The van der Waals surface area contributed by atoms with Crippen molar-refractivity contribution < 1.29 is 17.9 Å². The molecule has 4 aromatic rings. The van der Waals surface area contributed by atoms with Crippen molar-refractivity contribution in [2.24, 2.45) is 0 Å². The molecule has 3 heterocycles. The van der Waals surface area contributed by atoms with Crippen molar-refractivity contribution in [3.05, 3.63) is 70.2 Å². The summed E-state index contributed by atoms with van der Waals surface area (Å²) in [7, 11) is -0.561. The Morgan fingerprint density at radius 2 is 1.76 bits per heavy atom. The highest BCUT2D eigenvalue weighted by Gasteiger charge is 2.17. The van der Waals surface area contributed by atoms with Gasteiger partial charge in [-0.3, -0.25) is 9.78 Å². The van der Waals surface area contributed by atoms with Crippen molar-refractivity contribution in [2.45, 2.75) is 11.7 Å². The summed E-state index contributed by atoms with van der Waals surface area (Å²) in [4.78, 5) is 25.7. The zero-order valence-corrected chi connectivity index (χ0v) is 19.7. The molecule has 9 nitrogen and oxygen atoms in total. The zero-order valence-electron chi connectivity index (χ0n) is 18.0. The molecule has 0 amide bonds. The quantitative estimate of drug-likeness (QED) is 0.368. The van der Waals surface area contributed by atoms with Gasteiger partial charge in [0.15, 0.2) is 11.5 Å². The number of sulfone groups is 1. The first kappa shape index (κ1) is 22.6. The van der Waals surface area contributed by atoms with Crippen LogP contribution in [0.5, 0.6) is 11.5 Å². The zero-order chi connectivity index (χ0) is 23.6. The highest BCUT2D eigenvalue weighted by Crippen LogP contribution is 2.29. The smallest absolute Gasteiger partial charge is 0.250 e. The van der Waals surface area contributed by atoms with Crippen LogP contribution in [-0.2, 0) is 16.4 Å². The molecule has 4 rings (SSSR count). The van der Waals surface area contributed by atoms with Gasteiger partial charge in [0, 0.05) is 30.3 Å². The van der Waals surface area contributed by atoms with Gasteiger partial charge in [-0.25, -0.2) is 18.4 Å². The van der Waals surface area contributed by atoms with Gasteiger partial charge < -0.3 is 14.0 Å². The Balaban J connectivity index is 1.78. The molecule has 1 aromatic carbocycles. The Kier molecular flexibility index (Phi) is 6.25. The van der Waals surface area contributed by atoms with Crippen molar-refractivity contribution in [1.29, 1.82) is 0 Å². The van der Waals surface area contributed by atoms with Gasteiger partial charge >= 0.3 is 0 Å². The molecule has 0 atom stereocenters. The van der Waals surface area contributed by atoms with Gasteiger partial charge in [-0.05, 0) is 29.8 Å². The largest absolute Gasteiger partial charge is 0.493 e. The normalized spacial score (nSPS) is 11.4. The number of benzene rings is 1. The van der Waals surface area contributed by atoms with E-state index in [9.17, 15) is 13.2 Å². The molecule has 0 saturated heterocycles. The monoisotopic (exact) mass is 484 g/mol. The maximum atomic E-state index is 12.5. The Labute approximate surface area is 194 Å². The Bertz CT molecular complexity index is 1460. The average molecular weight is 485 g/mol. The molecule has 0 fully saturated rings. The lowest BCUT2D eigenvalue weighted by Crippen LogP contribution is -2.19. The fourth-order valence-electron chi connectivity index (χ4n) is 3.19. The number of hydrogen-bond acceptors (Lipinski definition) is 9. The number of pyridine rings is 1. The van der Waals surface area contributed by atoms with E-state index >= 15 is 0 Å². The van der Waals surface area contributed by atoms with Gasteiger partial charge in [-0.15, -0.1) is 11.3 Å². The lowest BCUT2D eigenvalue weighted by Gasteiger charge is -2.12. The van der Waals surface area contributed by atoms with E-state index in [1.165, 1.54) is 22.0 Å². The maximum Gasteiger partial charge on any atom is 0.250 e. The topological polar surface area (TPSA) is 113 Å². The molecule has 11 heteroatoms. The van der Waals surface area contributed by atoms with Crippen LogP contribution in [0.2, 0.25) is 0 Å². The van der Waals surface area contributed by atoms with E-state index in [1.807, 2.05) is 6.07 Å². The Hall–Kier alpha value is -3.57. The molecule has 0 unspecified atom stereocenters. The third-order valence-electron chi connectivity index (χ3n) is 4.80. The van der Waals surface area contributed by atoms with Gasteiger partial charge in [0.1, 0.15) is 0 Å². The van der Waals surface area contributed by atoms with Gasteiger partial charge in [0.05, 0.1) is 42.5 Å². The van der Waals surface area contributed by atoms with Crippen LogP contribution in [0.3, 0.4) is 0 Å². The highest BCUT2D eigenvalue weighted by molar-refractivity contribution is 7.90. The first-order valence-corrected chi connectivity index (χ1v) is 12.5. The summed E-state index contributed by atoms with van der Waals surface area (Å²) in [6.07, 6.45) is 4.31. The first-order chi connectivity index (χ1) is 15.8. The predicted molar refractivity (Wildman–Crippen MR) is 125 cm³/mol. The summed E-state index contributed by atoms with van der Waals surface area (Å²) < 4.78 is 36.5. The summed E-state index contributed by atoms with van der Waals surface area (Å²) in [5, 5.41) is -0.291. The van der Waals surface area contributed by atoms with E-state index in [0.29, 0.717) is 33.3 Å². The standard InChI is InChI=1S/C22H20N4O5S2/c1-30-18-6-4-14(8-19(18)31-2)11-26-12-15(5-7-21(26)27)16-9-17(20-10-23-13-32-20)25-22(24-16)33(3,28)29/h4-10,12-13H,11H2,1-3H3. The lowest BCUT2D eigenvalue weighted by atomic mass is 10.1. The van der Waals surface area contributed by atoms with E-state index in [4.69, 9.17) is 9.47 Å².